The number of carboxylic acids is 1. The first-order valence-electron chi connectivity index (χ1n) is 4.92. The Morgan fingerprint density at radius 1 is 1.42 bits per heavy atom. The number of carbonyl (C=O) groups is 1. The zero-order chi connectivity index (χ0) is 15.0. The molecule has 0 fully saturated rings. The highest BCUT2D eigenvalue weighted by atomic mass is 35.5. The Hall–Kier alpha value is -1.44. The van der Waals surface area contributed by atoms with Gasteiger partial charge in [-0.15, -0.1) is 0 Å². The van der Waals surface area contributed by atoms with Gasteiger partial charge in [0.25, 0.3) is 6.43 Å². The molecule has 0 aliphatic carbocycles. The first kappa shape index (κ1) is 15.6. The highest BCUT2D eigenvalue weighted by Crippen LogP contribution is 2.38. The van der Waals surface area contributed by atoms with Crippen LogP contribution in [0.3, 0.4) is 0 Å². The maximum absolute atomic E-state index is 12.7. The van der Waals surface area contributed by atoms with Gasteiger partial charge in [0.15, 0.2) is 5.69 Å². The third kappa shape index (κ3) is 2.94. The normalized spacial score (nSPS) is 12.0. The van der Waals surface area contributed by atoms with E-state index < -0.39 is 46.1 Å². The topological polar surface area (TPSA) is 50.2 Å². The molecule has 0 spiro atoms. The quantitative estimate of drug-likeness (QED) is 0.860. The van der Waals surface area contributed by atoms with Crippen LogP contribution in [-0.2, 0) is 12.6 Å². The van der Waals surface area contributed by atoms with Gasteiger partial charge in [-0.05, 0) is 12.0 Å². The van der Waals surface area contributed by atoms with Gasteiger partial charge in [0.1, 0.15) is 5.69 Å². The van der Waals surface area contributed by atoms with Crippen molar-refractivity contribution >= 4 is 17.6 Å². The number of hydrogen-bond acceptors (Lipinski definition) is 2. The fraction of sp³-hybridized carbons (Fsp3) is 0.400. The summed E-state index contributed by atoms with van der Waals surface area (Å²) in [6.07, 6.45) is -8.74. The Morgan fingerprint density at radius 2 is 1.95 bits per heavy atom. The van der Waals surface area contributed by atoms with E-state index in [0.29, 0.717) is 0 Å². The van der Waals surface area contributed by atoms with Crippen LogP contribution in [0.5, 0.6) is 0 Å². The summed E-state index contributed by atoms with van der Waals surface area (Å²) in [5, 5.41) is 8.06. The molecule has 19 heavy (non-hydrogen) atoms. The molecule has 0 aliphatic heterocycles. The molecule has 0 aromatic carbocycles. The number of nitrogens with zero attached hydrogens (tertiary/aromatic N) is 1. The van der Waals surface area contributed by atoms with Gasteiger partial charge < -0.3 is 5.11 Å². The number of hydrogen-bond donors (Lipinski definition) is 1. The highest BCUT2D eigenvalue weighted by Gasteiger charge is 2.41. The molecule has 1 aromatic heterocycles. The van der Waals surface area contributed by atoms with Crippen molar-refractivity contribution in [1.29, 1.82) is 0 Å². The molecule has 0 saturated heterocycles. The molecule has 0 bridgehead atoms. The zero-order valence-electron chi connectivity index (χ0n) is 9.35. The summed E-state index contributed by atoms with van der Waals surface area (Å²) >= 11 is 5.50. The van der Waals surface area contributed by atoms with Crippen LogP contribution in [0.1, 0.15) is 40.7 Å². The molecule has 0 radical (unpaired) electrons. The van der Waals surface area contributed by atoms with E-state index in [0.717, 1.165) is 0 Å². The summed E-state index contributed by atoms with van der Waals surface area (Å²) in [5.74, 6) is -1.92. The molecule has 0 amide bonds. The molecule has 0 aliphatic rings. The van der Waals surface area contributed by atoms with Gasteiger partial charge in [0, 0.05) is 0 Å². The monoisotopic (exact) mass is 303 g/mol. The van der Waals surface area contributed by atoms with Crippen LogP contribution < -0.4 is 0 Å². The van der Waals surface area contributed by atoms with Gasteiger partial charge in [-0.25, -0.2) is 18.6 Å². The van der Waals surface area contributed by atoms with Crippen LogP contribution in [0.4, 0.5) is 22.0 Å². The first-order chi connectivity index (χ1) is 8.61. The minimum absolute atomic E-state index is 0.244. The van der Waals surface area contributed by atoms with E-state index >= 15 is 0 Å². The average molecular weight is 304 g/mol. The maximum Gasteiger partial charge on any atom is 0.434 e. The third-order valence-electron chi connectivity index (χ3n) is 2.30. The summed E-state index contributed by atoms with van der Waals surface area (Å²) < 4.78 is 63.2. The Balaban J connectivity index is 3.79. The van der Waals surface area contributed by atoms with Gasteiger partial charge in [-0.2, -0.15) is 13.2 Å². The van der Waals surface area contributed by atoms with Crippen LogP contribution in [0.2, 0.25) is 5.02 Å². The Bertz CT molecular complexity index is 516. The second-order valence-electron chi connectivity index (χ2n) is 3.47. The number of aromatic carboxylic acids is 1. The van der Waals surface area contributed by atoms with Gasteiger partial charge in [-0.1, -0.05) is 18.5 Å². The fourth-order valence-electron chi connectivity index (χ4n) is 1.54. The summed E-state index contributed by atoms with van der Waals surface area (Å²) in [6, 6.07) is 0. The van der Waals surface area contributed by atoms with E-state index in [2.05, 4.69) is 4.98 Å². The van der Waals surface area contributed by atoms with Gasteiger partial charge in [0.2, 0.25) is 0 Å². The second kappa shape index (κ2) is 5.28. The minimum Gasteiger partial charge on any atom is -0.478 e. The molecule has 1 rings (SSSR count). The van der Waals surface area contributed by atoms with Crippen molar-refractivity contribution in [2.75, 3.05) is 0 Å². The van der Waals surface area contributed by atoms with Crippen LogP contribution in [0.25, 0.3) is 0 Å². The van der Waals surface area contributed by atoms with E-state index in [1.807, 2.05) is 0 Å². The van der Waals surface area contributed by atoms with Crippen LogP contribution >= 0.6 is 11.6 Å². The first-order valence-corrected chi connectivity index (χ1v) is 5.29. The van der Waals surface area contributed by atoms with E-state index in [1.54, 1.807) is 0 Å². The lowest BCUT2D eigenvalue weighted by Gasteiger charge is -2.16. The number of halogens is 6. The van der Waals surface area contributed by atoms with Crippen molar-refractivity contribution in [2.45, 2.75) is 25.9 Å². The molecule has 9 heteroatoms. The van der Waals surface area contributed by atoms with Gasteiger partial charge in [0.05, 0.1) is 10.6 Å². The standard InChI is InChI=1S/C10H7ClF5NO2/c1-2-3-4(9(18)19)7(10(14,15)16)17-6(5(3)11)8(12)13/h8H,2H2,1H3,(H,18,19). The lowest BCUT2D eigenvalue weighted by atomic mass is 10.0. The molecule has 1 aromatic rings. The lowest BCUT2D eigenvalue weighted by Crippen LogP contribution is -2.20. The third-order valence-corrected chi connectivity index (χ3v) is 2.73. The van der Waals surface area contributed by atoms with Crippen molar-refractivity contribution in [3.05, 3.63) is 27.5 Å². The number of carboxylic acid groups (broad SMARTS) is 1. The van der Waals surface area contributed by atoms with Crippen molar-refractivity contribution in [1.82, 2.24) is 4.98 Å². The van der Waals surface area contributed by atoms with Crippen molar-refractivity contribution in [3.8, 4) is 0 Å². The van der Waals surface area contributed by atoms with Gasteiger partial charge >= 0.3 is 12.1 Å². The smallest absolute Gasteiger partial charge is 0.434 e. The predicted octanol–water partition coefficient (Wildman–Crippen LogP) is 3.95. The zero-order valence-corrected chi connectivity index (χ0v) is 10.1. The van der Waals surface area contributed by atoms with E-state index in [4.69, 9.17) is 16.7 Å². The SMILES string of the molecule is CCc1c(Cl)c(C(F)F)nc(C(F)(F)F)c1C(=O)O. The summed E-state index contributed by atoms with van der Waals surface area (Å²) in [5.41, 5.74) is -4.83. The Kier molecular flexibility index (Phi) is 4.34. The van der Waals surface area contributed by atoms with Gasteiger partial charge in [-0.3, -0.25) is 0 Å². The lowest BCUT2D eigenvalue weighted by molar-refractivity contribution is -0.142. The van der Waals surface area contributed by atoms with Crippen LogP contribution in [0.15, 0.2) is 0 Å². The van der Waals surface area contributed by atoms with Crippen molar-refractivity contribution < 1.29 is 31.9 Å². The van der Waals surface area contributed by atoms with Crippen molar-refractivity contribution in [3.63, 3.8) is 0 Å². The molecule has 0 atom stereocenters. The molecule has 106 valence electrons. The van der Waals surface area contributed by atoms with E-state index in [1.165, 1.54) is 6.92 Å². The Morgan fingerprint density at radius 3 is 2.26 bits per heavy atom. The molecular weight excluding hydrogens is 297 g/mol. The predicted molar refractivity (Wildman–Crippen MR) is 55.5 cm³/mol. The molecule has 0 saturated carbocycles. The largest absolute Gasteiger partial charge is 0.478 e. The minimum atomic E-state index is -5.16. The summed E-state index contributed by atoms with van der Waals surface area (Å²) in [7, 11) is 0. The molecule has 3 nitrogen and oxygen atoms in total. The fourth-order valence-corrected chi connectivity index (χ4v) is 1.90. The van der Waals surface area contributed by atoms with Crippen molar-refractivity contribution in [2.24, 2.45) is 0 Å². The molecular formula is C10H7ClF5NO2. The maximum atomic E-state index is 12.7. The molecule has 1 heterocycles. The number of rotatable bonds is 3. The van der Waals surface area contributed by atoms with Crippen LogP contribution in [0, 0.1) is 0 Å². The van der Waals surface area contributed by atoms with Crippen LogP contribution in [-0.4, -0.2) is 16.1 Å². The summed E-state index contributed by atoms with van der Waals surface area (Å²) in [6.45, 7) is 1.31. The second-order valence-corrected chi connectivity index (χ2v) is 3.85. The van der Waals surface area contributed by atoms with E-state index in [-0.39, 0.29) is 6.42 Å². The highest BCUT2D eigenvalue weighted by molar-refractivity contribution is 6.32. The number of pyridine rings is 1. The molecule has 1 N–H and O–H groups in total. The summed E-state index contributed by atoms with van der Waals surface area (Å²) in [4.78, 5) is 13.6. The average Bonchev–Trinajstić information content (AvgIpc) is 2.25. The molecule has 0 unspecified atom stereocenters. The Labute approximate surface area is 109 Å². The van der Waals surface area contributed by atoms with E-state index in [9.17, 15) is 26.7 Å². The number of aromatic nitrogens is 1. The number of alkyl halides is 5.